The van der Waals surface area contributed by atoms with Gasteiger partial charge in [0.2, 0.25) is 5.69 Å². The lowest BCUT2D eigenvalue weighted by molar-refractivity contribution is -0.384. The molecule has 0 aliphatic carbocycles. The molecule has 2 aromatic carbocycles. The molecule has 0 aliphatic heterocycles. The third kappa shape index (κ3) is 3.91. The fourth-order valence-electron chi connectivity index (χ4n) is 2.66. The Morgan fingerprint density at radius 2 is 1.85 bits per heavy atom. The Balaban J connectivity index is 2.03. The molecular weight excluding hydrogens is 348 g/mol. The Bertz CT molecular complexity index is 980. The van der Waals surface area contributed by atoms with Gasteiger partial charge in [0.05, 0.1) is 11.5 Å². The highest BCUT2D eigenvalue weighted by Crippen LogP contribution is 2.24. The number of nitro groups is 1. The zero-order chi connectivity index (χ0) is 19.2. The fourth-order valence-corrected chi connectivity index (χ4v) is 2.66. The molecule has 0 saturated heterocycles. The summed E-state index contributed by atoms with van der Waals surface area (Å²) in [6, 6.07) is 17.5. The van der Waals surface area contributed by atoms with Gasteiger partial charge in [0.1, 0.15) is 6.07 Å². The van der Waals surface area contributed by atoms with Crippen molar-refractivity contribution in [2.45, 2.75) is 6.54 Å². The second kappa shape index (κ2) is 8.07. The topological polar surface area (TPSA) is 121 Å². The molecule has 0 amide bonds. The number of rotatable bonds is 7. The molecule has 9 nitrogen and oxygen atoms in total. The molecule has 9 heteroatoms. The number of aliphatic hydroxyl groups excluding tert-OH is 1. The summed E-state index contributed by atoms with van der Waals surface area (Å²) in [5.74, 6) is 0.258. The van der Waals surface area contributed by atoms with Crippen molar-refractivity contribution in [1.29, 1.82) is 5.26 Å². The number of hydrogen-bond donors (Lipinski definition) is 1. The minimum Gasteiger partial charge on any atom is -0.395 e. The van der Waals surface area contributed by atoms with E-state index in [1.807, 2.05) is 36.4 Å². The number of nitrogens with zero attached hydrogens (tertiary/aromatic N) is 6. The summed E-state index contributed by atoms with van der Waals surface area (Å²) in [5.41, 5.74) is 0.988. The van der Waals surface area contributed by atoms with E-state index >= 15 is 0 Å². The van der Waals surface area contributed by atoms with Gasteiger partial charge in [-0.15, -0.1) is 15.0 Å². The van der Waals surface area contributed by atoms with Crippen LogP contribution < -0.4 is 4.90 Å². The third-order valence-corrected chi connectivity index (χ3v) is 3.88. The van der Waals surface area contributed by atoms with Gasteiger partial charge in [-0.2, -0.15) is 5.26 Å². The van der Waals surface area contributed by atoms with E-state index in [1.165, 1.54) is 12.1 Å². The number of benzene rings is 2. The van der Waals surface area contributed by atoms with Crippen molar-refractivity contribution in [3.05, 3.63) is 76.0 Å². The van der Waals surface area contributed by atoms with Gasteiger partial charge < -0.3 is 10.0 Å². The van der Waals surface area contributed by atoms with E-state index < -0.39 is 4.92 Å². The molecule has 0 spiro atoms. The Kier molecular flexibility index (Phi) is 5.39. The normalized spacial score (nSPS) is 10.4. The summed E-state index contributed by atoms with van der Waals surface area (Å²) in [6.45, 7) is 0.501. The van der Waals surface area contributed by atoms with Crippen molar-refractivity contribution in [2.75, 3.05) is 18.1 Å². The molecule has 1 aromatic heterocycles. The van der Waals surface area contributed by atoms with Crippen LogP contribution in [0.25, 0.3) is 5.69 Å². The lowest BCUT2D eigenvalue weighted by Gasteiger charge is -2.21. The van der Waals surface area contributed by atoms with E-state index in [0.717, 1.165) is 10.4 Å². The van der Waals surface area contributed by atoms with Crippen LogP contribution >= 0.6 is 0 Å². The first-order valence-corrected chi connectivity index (χ1v) is 8.15. The maximum atomic E-state index is 11.3. The average Bonchev–Trinajstić information content (AvgIpc) is 3.12. The van der Waals surface area contributed by atoms with Crippen molar-refractivity contribution >= 4 is 11.5 Å². The number of aliphatic hydroxyl groups is 1. The van der Waals surface area contributed by atoms with Crippen LogP contribution in [-0.2, 0) is 6.54 Å². The minimum absolute atomic E-state index is 0.0255. The highest BCUT2D eigenvalue weighted by molar-refractivity contribution is 5.55. The van der Waals surface area contributed by atoms with Crippen LogP contribution in [0.4, 0.5) is 11.5 Å². The molecule has 0 aliphatic rings. The first-order valence-electron chi connectivity index (χ1n) is 8.15. The fraction of sp³-hybridized carbons (Fsp3) is 0.167. The van der Waals surface area contributed by atoms with E-state index in [2.05, 4.69) is 10.2 Å². The first kappa shape index (κ1) is 18.0. The minimum atomic E-state index is -0.528. The molecule has 0 fully saturated rings. The first-order chi connectivity index (χ1) is 13.1. The van der Waals surface area contributed by atoms with E-state index in [0.29, 0.717) is 6.54 Å². The molecule has 27 heavy (non-hydrogen) atoms. The Morgan fingerprint density at radius 1 is 1.15 bits per heavy atom. The third-order valence-electron chi connectivity index (χ3n) is 3.88. The summed E-state index contributed by atoms with van der Waals surface area (Å²) < 4.78 is 0. The molecule has 0 radical (unpaired) electrons. The smallest absolute Gasteiger partial charge is 0.296 e. The van der Waals surface area contributed by atoms with Gasteiger partial charge in [0.15, 0.2) is 11.5 Å². The van der Waals surface area contributed by atoms with Gasteiger partial charge in [-0.3, -0.25) is 10.1 Å². The highest BCUT2D eigenvalue weighted by atomic mass is 16.6. The Labute approximate surface area is 154 Å². The number of nitriles is 1. The van der Waals surface area contributed by atoms with Crippen LogP contribution in [0, 0.1) is 21.4 Å². The lowest BCUT2D eigenvalue weighted by atomic mass is 10.2. The van der Waals surface area contributed by atoms with Crippen molar-refractivity contribution < 1.29 is 10.0 Å². The quantitative estimate of drug-likeness (QED) is 0.503. The largest absolute Gasteiger partial charge is 0.395 e. The maximum absolute atomic E-state index is 11.3. The van der Waals surface area contributed by atoms with Gasteiger partial charge in [-0.1, -0.05) is 42.5 Å². The molecule has 0 atom stereocenters. The van der Waals surface area contributed by atoms with Crippen LogP contribution in [0.3, 0.4) is 0 Å². The summed E-state index contributed by atoms with van der Waals surface area (Å²) in [6.07, 6.45) is 0. The molecule has 0 unspecified atom stereocenters. The van der Waals surface area contributed by atoms with Crippen molar-refractivity contribution in [3.63, 3.8) is 0 Å². The van der Waals surface area contributed by atoms with Crippen LogP contribution in [0.5, 0.6) is 0 Å². The highest BCUT2D eigenvalue weighted by Gasteiger charge is 2.22. The number of para-hydroxylation sites is 2. The van der Waals surface area contributed by atoms with Gasteiger partial charge in [-0.05, 0) is 11.6 Å². The standard InChI is InChI=1S/C18H16N6O3/c19-12-15-18(22(10-11-25)13-14-6-2-1-3-7-14)21-23(20-15)16-8-4-5-9-17(16)24(26)27/h1-9,25H,10-11,13H2. The van der Waals surface area contributed by atoms with E-state index in [4.69, 9.17) is 0 Å². The number of nitro benzene ring substituents is 1. The van der Waals surface area contributed by atoms with Gasteiger partial charge >= 0.3 is 0 Å². The van der Waals surface area contributed by atoms with Gasteiger partial charge in [-0.25, -0.2) is 0 Å². The van der Waals surface area contributed by atoms with Crippen molar-refractivity contribution in [3.8, 4) is 11.8 Å². The predicted molar refractivity (Wildman–Crippen MR) is 97.3 cm³/mol. The Morgan fingerprint density at radius 3 is 2.52 bits per heavy atom. The molecule has 3 aromatic rings. The molecular formula is C18H16N6O3. The second-order valence-corrected chi connectivity index (χ2v) is 5.65. The van der Waals surface area contributed by atoms with Crippen molar-refractivity contribution in [2.24, 2.45) is 0 Å². The van der Waals surface area contributed by atoms with Crippen LogP contribution in [0.1, 0.15) is 11.3 Å². The number of hydrogen-bond acceptors (Lipinski definition) is 7. The van der Waals surface area contributed by atoms with E-state index in [1.54, 1.807) is 17.0 Å². The molecule has 3 rings (SSSR count). The van der Waals surface area contributed by atoms with Crippen LogP contribution in [0.2, 0.25) is 0 Å². The van der Waals surface area contributed by atoms with E-state index in [-0.39, 0.29) is 36.0 Å². The molecule has 0 saturated carbocycles. The van der Waals surface area contributed by atoms with Gasteiger partial charge in [0, 0.05) is 19.2 Å². The summed E-state index contributed by atoms with van der Waals surface area (Å²) >= 11 is 0. The van der Waals surface area contributed by atoms with E-state index in [9.17, 15) is 20.5 Å². The number of anilines is 1. The number of aromatic nitrogens is 3. The summed E-state index contributed by atoms with van der Waals surface area (Å²) in [5, 5.41) is 38.5. The van der Waals surface area contributed by atoms with Crippen LogP contribution in [0.15, 0.2) is 54.6 Å². The SMILES string of the molecule is N#Cc1nn(-c2ccccc2[N+](=O)[O-])nc1N(CCO)Cc1ccccc1. The molecule has 0 bridgehead atoms. The monoisotopic (exact) mass is 364 g/mol. The van der Waals surface area contributed by atoms with Crippen LogP contribution in [-0.4, -0.2) is 38.2 Å². The molecule has 136 valence electrons. The second-order valence-electron chi connectivity index (χ2n) is 5.65. The zero-order valence-corrected chi connectivity index (χ0v) is 14.3. The molecule has 1 heterocycles. The zero-order valence-electron chi connectivity index (χ0n) is 14.3. The van der Waals surface area contributed by atoms with Gasteiger partial charge in [0.25, 0.3) is 5.69 Å². The summed E-state index contributed by atoms with van der Waals surface area (Å²) in [7, 11) is 0. The van der Waals surface area contributed by atoms with Crippen molar-refractivity contribution in [1.82, 2.24) is 15.0 Å². The average molecular weight is 364 g/mol. The molecule has 1 N–H and O–H groups in total. The lowest BCUT2D eigenvalue weighted by Crippen LogP contribution is -2.27. The predicted octanol–water partition coefficient (Wildman–Crippen LogP) is 2.05. The summed E-state index contributed by atoms with van der Waals surface area (Å²) in [4.78, 5) is 13.5. The maximum Gasteiger partial charge on any atom is 0.296 e. The Hall–Kier alpha value is -3.77.